The van der Waals surface area contributed by atoms with Crippen molar-refractivity contribution in [3.05, 3.63) is 85.1 Å². The van der Waals surface area contributed by atoms with E-state index in [0.717, 1.165) is 89.9 Å². The van der Waals surface area contributed by atoms with Crippen molar-refractivity contribution in [3.8, 4) is 0 Å². The molecule has 0 unspecified atom stereocenters. The summed E-state index contributed by atoms with van der Waals surface area (Å²) >= 11 is 0. The normalized spacial score (nSPS) is 12.7. The molecule has 6 nitrogen and oxygen atoms in total. The Morgan fingerprint density at radius 1 is 0.333 bits per heavy atom. The Morgan fingerprint density at radius 2 is 0.619 bits per heavy atom. The smallest absolute Gasteiger partial charge is 0.306 e. The van der Waals surface area contributed by atoms with E-state index in [0.29, 0.717) is 19.3 Å². The second-order valence-corrected chi connectivity index (χ2v) is 17.1. The third kappa shape index (κ3) is 49.5. The van der Waals surface area contributed by atoms with Crippen molar-refractivity contribution < 1.29 is 28.6 Å². The van der Waals surface area contributed by atoms with Crippen LogP contribution < -0.4 is 0 Å². The Morgan fingerprint density at radius 3 is 1.00 bits per heavy atom. The highest BCUT2D eigenvalue weighted by molar-refractivity contribution is 5.71. The molecule has 0 fully saturated rings. The van der Waals surface area contributed by atoms with Crippen LogP contribution in [0.25, 0.3) is 0 Å². The van der Waals surface area contributed by atoms with Crippen LogP contribution in [0.15, 0.2) is 85.1 Å². The number of carbonyl (C=O) groups is 3. The highest BCUT2D eigenvalue weighted by Gasteiger charge is 2.19. The van der Waals surface area contributed by atoms with Crippen LogP contribution in [0.4, 0.5) is 0 Å². The Balaban J connectivity index is 4.51. The maximum atomic E-state index is 12.8. The summed E-state index contributed by atoms with van der Waals surface area (Å²) in [6.07, 6.45) is 65.7. The number of hydrogen-bond acceptors (Lipinski definition) is 6. The van der Waals surface area contributed by atoms with E-state index in [1.165, 1.54) is 103 Å². The fourth-order valence-electron chi connectivity index (χ4n) is 6.97. The van der Waals surface area contributed by atoms with Crippen LogP contribution in [0, 0.1) is 0 Å². The summed E-state index contributed by atoms with van der Waals surface area (Å²) in [5, 5.41) is 0. The van der Waals surface area contributed by atoms with Crippen LogP contribution in [0.1, 0.15) is 239 Å². The first-order chi connectivity index (χ1) is 31.0. The summed E-state index contributed by atoms with van der Waals surface area (Å²) in [5.41, 5.74) is 0. The topological polar surface area (TPSA) is 78.9 Å². The number of ether oxygens (including phenoxy) is 3. The molecule has 1 atom stereocenters. The summed E-state index contributed by atoms with van der Waals surface area (Å²) in [7, 11) is 0. The van der Waals surface area contributed by atoms with Gasteiger partial charge >= 0.3 is 17.9 Å². The Kier molecular flexibility index (Phi) is 48.5. The molecule has 0 heterocycles. The Bertz CT molecular complexity index is 1240. The first-order valence-corrected chi connectivity index (χ1v) is 26.1. The Hall–Kier alpha value is -3.41. The molecule has 0 aromatic heterocycles. The zero-order valence-corrected chi connectivity index (χ0v) is 41.1. The number of rotatable bonds is 46. The lowest BCUT2D eigenvalue weighted by atomic mass is 10.0. The molecule has 63 heavy (non-hydrogen) atoms. The number of carbonyl (C=O) groups excluding carboxylic acids is 3. The van der Waals surface area contributed by atoms with Crippen molar-refractivity contribution in [2.75, 3.05) is 13.2 Å². The van der Waals surface area contributed by atoms with E-state index in [1.54, 1.807) is 0 Å². The molecule has 0 aliphatic carbocycles. The lowest BCUT2D eigenvalue weighted by Crippen LogP contribution is -2.30. The fraction of sp³-hybridized carbons (Fsp3) is 0.702. The molecule has 0 aromatic carbocycles. The quantitative estimate of drug-likeness (QED) is 0.0262. The first-order valence-electron chi connectivity index (χ1n) is 26.1. The fourth-order valence-corrected chi connectivity index (χ4v) is 6.97. The zero-order chi connectivity index (χ0) is 45.8. The average molecular weight is 877 g/mol. The van der Waals surface area contributed by atoms with Gasteiger partial charge in [-0.25, -0.2) is 0 Å². The van der Waals surface area contributed by atoms with Gasteiger partial charge in [-0.15, -0.1) is 0 Å². The molecule has 6 heteroatoms. The van der Waals surface area contributed by atoms with Crippen LogP contribution >= 0.6 is 0 Å². The van der Waals surface area contributed by atoms with Crippen LogP contribution in [-0.4, -0.2) is 37.2 Å². The monoisotopic (exact) mass is 877 g/mol. The van der Waals surface area contributed by atoms with Crippen molar-refractivity contribution in [2.45, 2.75) is 245 Å². The molecule has 0 rings (SSSR count). The second kappa shape index (κ2) is 51.2. The average Bonchev–Trinajstić information content (AvgIpc) is 3.28. The van der Waals surface area contributed by atoms with E-state index in [2.05, 4.69) is 106 Å². The predicted molar refractivity (Wildman–Crippen MR) is 270 cm³/mol. The molecule has 0 saturated carbocycles. The van der Waals surface area contributed by atoms with Crippen LogP contribution in [0.3, 0.4) is 0 Å². The van der Waals surface area contributed by atoms with Crippen molar-refractivity contribution in [2.24, 2.45) is 0 Å². The van der Waals surface area contributed by atoms with Gasteiger partial charge in [0.1, 0.15) is 13.2 Å². The van der Waals surface area contributed by atoms with Gasteiger partial charge in [-0.3, -0.25) is 14.4 Å². The van der Waals surface area contributed by atoms with E-state index in [-0.39, 0.29) is 37.5 Å². The van der Waals surface area contributed by atoms with Gasteiger partial charge in [-0.1, -0.05) is 209 Å². The third-order valence-corrected chi connectivity index (χ3v) is 10.9. The van der Waals surface area contributed by atoms with Gasteiger partial charge in [-0.05, 0) is 96.3 Å². The molecule has 360 valence electrons. The molecular formula is C57H96O6. The van der Waals surface area contributed by atoms with Gasteiger partial charge in [0.15, 0.2) is 6.10 Å². The predicted octanol–water partition coefficient (Wildman–Crippen LogP) is 17.2. The maximum Gasteiger partial charge on any atom is 0.306 e. The van der Waals surface area contributed by atoms with E-state index < -0.39 is 6.10 Å². The maximum absolute atomic E-state index is 12.8. The van der Waals surface area contributed by atoms with Gasteiger partial charge in [0.25, 0.3) is 0 Å². The van der Waals surface area contributed by atoms with Crippen LogP contribution in [0.5, 0.6) is 0 Å². The minimum atomic E-state index is -0.811. The number of hydrogen-bond donors (Lipinski definition) is 0. The van der Waals surface area contributed by atoms with Crippen molar-refractivity contribution in [3.63, 3.8) is 0 Å². The number of allylic oxidation sites excluding steroid dienone is 14. The van der Waals surface area contributed by atoms with Crippen molar-refractivity contribution >= 4 is 17.9 Å². The third-order valence-electron chi connectivity index (χ3n) is 10.9. The van der Waals surface area contributed by atoms with Gasteiger partial charge in [0.2, 0.25) is 0 Å². The zero-order valence-electron chi connectivity index (χ0n) is 41.1. The summed E-state index contributed by atoms with van der Waals surface area (Å²) in [5.74, 6) is -0.985. The van der Waals surface area contributed by atoms with Crippen LogP contribution in [-0.2, 0) is 28.6 Å². The van der Waals surface area contributed by atoms with Crippen molar-refractivity contribution in [1.29, 1.82) is 0 Å². The minimum absolute atomic E-state index is 0.104. The molecule has 0 aliphatic rings. The number of esters is 3. The molecule has 0 N–H and O–H groups in total. The molecule has 0 saturated heterocycles. The van der Waals surface area contributed by atoms with Gasteiger partial charge < -0.3 is 14.2 Å². The standard InChI is InChI=1S/C57H96O6/c1-4-7-10-13-16-19-22-25-28-31-34-37-40-43-46-49-55(58)61-52-54(63-57(60)51-48-45-42-39-36-33-30-27-24-21-18-15-12-9-6-3)53-62-56(59)50-47-44-41-38-35-32-29-26-23-20-17-14-11-8-5-2/h7,10,16,18-19,21,25,27-28,30,34,36-37,39,54H,4-6,8-9,11-15,17,20,22-24,26,29,31-33,35,38,40-53H2,1-3H3/b10-7-,19-16-,21-18-,28-25-,30-27-,37-34-,39-36-/t54-/m1/s1. The van der Waals surface area contributed by atoms with Gasteiger partial charge in [-0.2, -0.15) is 0 Å². The largest absolute Gasteiger partial charge is 0.462 e. The van der Waals surface area contributed by atoms with Gasteiger partial charge in [0, 0.05) is 19.3 Å². The van der Waals surface area contributed by atoms with E-state index in [9.17, 15) is 14.4 Å². The molecule has 0 aliphatic heterocycles. The van der Waals surface area contributed by atoms with E-state index in [1.807, 2.05) is 0 Å². The highest BCUT2D eigenvalue weighted by Crippen LogP contribution is 2.15. The van der Waals surface area contributed by atoms with Crippen LogP contribution in [0.2, 0.25) is 0 Å². The first kappa shape index (κ1) is 59.6. The SMILES string of the molecule is CC/C=C\C/C=C\C/C=C\C/C=C\CCCCC(=O)OC[C@H](COC(=O)CCCCCCCCCCCCCCCCC)OC(=O)CCCC/C=C\C/C=C\C/C=C\CCCCC. The lowest BCUT2D eigenvalue weighted by molar-refractivity contribution is -0.167. The molecule has 0 radical (unpaired) electrons. The molecular weight excluding hydrogens is 781 g/mol. The van der Waals surface area contributed by atoms with Gasteiger partial charge in [0.05, 0.1) is 0 Å². The Labute approximate surface area is 388 Å². The van der Waals surface area contributed by atoms with Crippen molar-refractivity contribution in [1.82, 2.24) is 0 Å². The minimum Gasteiger partial charge on any atom is -0.462 e. The number of unbranched alkanes of at least 4 members (excludes halogenated alkanes) is 21. The summed E-state index contributed by atoms with van der Waals surface area (Å²) < 4.78 is 16.7. The molecule has 0 bridgehead atoms. The van der Waals surface area contributed by atoms with E-state index in [4.69, 9.17) is 14.2 Å². The molecule has 0 spiro atoms. The summed E-state index contributed by atoms with van der Waals surface area (Å²) in [4.78, 5) is 38.0. The lowest BCUT2D eigenvalue weighted by Gasteiger charge is -2.18. The molecule has 0 aromatic rings. The molecule has 0 amide bonds. The van der Waals surface area contributed by atoms with E-state index >= 15 is 0 Å². The second-order valence-electron chi connectivity index (χ2n) is 17.1. The summed E-state index contributed by atoms with van der Waals surface area (Å²) in [6, 6.07) is 0. The summed E-state index contributed by atoms with van der Waals surface area (Å²) in [6.45, 7) is 6.43. The highest BCUT2D eigenvalue weighted by atomic mass is 16.6.